The smallest absolute Gasteiger partial charge is 0.262 e. The van der Waals surface area contributed by atoms with Gasteiger partial charge in [0, 0.05) is 22.4 Å². The summed E-state index contributed by atoms with van der Waals surface area (Å²) in [7, 11) is 0. The first-order valence-corrected chi connectivity index (χ1v) is 8.22. The second-order valence-electron chi connectivity index (χ2n) is 5.16. The highest BCUT2D eigenvalue weighted by Crippen LogP contribution is 2.34. The van der Waals surface area contributed by atoms with Crippen molar-refractivity contribution in [1.82, 2.24) is 4.90 Å². The Labute approximate surface area is 153 Å². The first-order chi connectivity index (χ1) is 11.5. The lowest BCUT2D eigenvalue weighted by Gasteiger charge is -2.22. The third-order valence-electron chi connectivity index (χ3n) is 3.58. The summed E-state index contributed by atoms with van der Waals surface area (Å²) in [5.74, 6) is -0.107. The van der Waals surface area contributed by atoms with Gasteiger partial charge >= 0.3 is 0 Å². The molecule has 1 aromatic carbocycles. The summed E-state index contributed by atoms with van der Waals surface area (Å²) in [4.78, 5) is 14.0. The zero-order valence-corrected chi connectivity index (χ0v) is 14.6. The van der Waals surface area contributed by atoms with E-state index in [2.05, 4.69) is 0 Å². The molecule has 4 nitrogen and oxygen atoms in total. The number of phenolic OH excluding ortho intramolecular Hbond substituents is 1. The molecule has 0 unspecified atom stereocenters. The maximum absolute atomic E-state index is 12.6. The third-order valence-corrected chi connectivity index (χ3v) is 4.51. The minimum absolute atomic E-state index is 0.00969. The quantitative estimate of drug-likeness (QED) is 0.750. The van der Waals surface area contributed by atoms with Crippen LogP contribution in [0.3, 0.4) is 0 Å². The van der Waals surface area contributed by atoms with E-state index in [-0.39, 0.29) is 27.3 Å². The molecule has 2 aliphatic rings. The van der Waals surface area contributed by atoms with E-state index in [1.54, 1.807) is 6.20 Å². The fourth-order valence-corrected chi connectivity index (χ4v) is 3.12. The molecule has 0 saturated heterocycles. The molecule has 24 heavy (non-hydrogen) atoms. The summed E-state index contributed by atoms with van der Waals surface area (Å²) in [5.41, 5.74) is 1.08. The molecule has 1 aliphatic carbocycles. The zero-order valence-electron chi connectivity index (χ0n) is 12.3. The van der Waals surface area contributed by atoms with Gasteiger partial charge in [0.2, 0.25) is 0 Å². The summed E-state index contributed by atoms with van der Waals surface area (Å²) in [6, 6.07) is 2.72. The van der Waals surface area contributed by atoms with Gasteiger partial charge < -0.3 is 9.84 Å². The molecular weight excluding hydrogens is 373 g/mol. The maximum atomic E-state index is 12.6. The van der Waals surface area contributed by atoms with E-state index in [4.69, 9.17) is 39.5 Å². The lowest BCUT2D eigenvalue weighted by molar-refractivity contribution is 0.0855. The molecular formula is C17H12Cl3NO3. The molecule has 1 N–H and O–H groups in total. The van der Waals surface area contributed by atoms with Crippen molar-refractivity contribution in [3.63, 3.8) is 0 Å². The number of allylic oxidation sites excluding steroid dienone is 4. The number of amides is 1. The van der Waals surface area contributed by atoms with Crippen molar-refractivity contribution in [2.24, 2.45) is 0 Å². The van der Waals surface area contributed by atoms with Crippen LogP contribution in [-0.2, 0) is 4.74 Å². The number of carbonyl (C=O) groups is 1. The van der Waals surface area contributed by atoms with Gasteiger partial charge in [0.25, 0.3) is 5.91 Å². The minimum Gasteiger partial charge on any atom is -0.505 e. The predicted molar refractivity (Wildman–Crippen MR) is 93.9 cm³/mol. The molecule has 7 heteroatoms. The van der Waals surface area contributed by atoms with Gasteiger partial charge in [-0.2, -0.15) is 0 Å². The topological polar surface area (TPSA) is 49.8 Å². The number of hydrogen-bond acceptors (Lipinski definition) is 3. The maximum Gasteiger partial charge on any atom is 0.262 e. The van der Waals surface area contributed by atoms with E-state index in [9.17, 15) is 9.90 Å². The van der Waals surface area contributed by atoms with Gasteiger partial charge in [-0.05, 0) is 31.1 Å². The second kappa shape index (κ2) is 6.93. The first kappa shape index (κ1) is 17.0. The van der Waals surface area contributed by atoms with Gasteiger partial charge in [-0.3, -0.25) is 9.69 Å². The summed E-state index contributed by atoms with van der Waals surface area (Å²) >= 11 is 18.0. The largest absolute Gasteiger partial charge is 0.505 e. The van der Waals surface area contributed by atoms with Gasteiger partial charge in [-0.15, -0.1) is 0 Å². The molecule has 0 radical (unpaired) electrons. The number of benzene rings is 1. The summed E-state index contributed by atoms with van der Waals surface area (Å²) in [6.45, 7) is 0. The Bertz CT molecular complexity index is 801. The number of hydrogen-bond donors (Lipinski definition) is 1. The van der Waals surface area contributed by atoms with Crippen LogP contribution in [0.15, 0.2) is 59.3 Å². The van der Waals surface area contributed by atoms with Crippen molar-refractivity contribution >= 4 is 40.7 Å². The Balaban J connectivity index is 1.92. The highest BCUT2D eigenvalue weighted by molar-refractivity contribution is 6.37. The van der Waals surface area contributed by atoms with Gasteiger partial charge in [-0.25, -0.2) is 0 Å². The number of halogens is 3. The lowest BCUT2D eigenvalue weighted by Crippen LogP contribution is -2.23. The van der Waals surface area contributed by atoms with Gasteiger partial charge in [0.15, 0.2) is 5.75 Å². The van der Waals surface area contributed by atoms with E-state index in [0.29, 0.717) is 10.8 Å². The number of rotatable bonds is 2. The van der Waals surface area contributed by atoms with Crippen LogP contribution in [0.2, 0.25) is 10.0 Å². The van der Waals surface area contributed by atoms with Crippen molar-refractivity contribution in [3.8, 4) is 5.75 Å². The average Bonchev–Trinajstić information content (AvgIpc) is 2.59. The fourth-order valence-electron chi connectivity index (χ4n) is 2.36. The van der Waals surface area contributed by atoms with Gasteiger partial charge in [0.05, 0.1) is 16.2 Å². The number of carbonyl (C=O) groups excluding carboxylic acids is 1. The van der Waals surface area contributed by atoms with E-state index in [0.717, 1.165) is 18.4 Å². The summed E-state index contributed by atoms with van der Waals surface area (Å²) in [6.07, 6.45) is 9.83. The molecule has 1 heterocycles. The highest BCUT2D eigenvalue weighted by atomic mass is 35.5. The Morgan fingerprint density at radius 2 is 1.92 bits per heavy atom. The van der Waals surface area contributed by atoms with Crippen molar-refractivity contribution in [1.29, 1.82) is 0 Å². The molecule has 0 aromatic heterocycles. The number of ether oxygens (including phenoxy) is 1. The van der Waals surface area contributed by atoms with Crippen LogP contribution in [0, 0.1) is 0 Å². The SMILES string of the molecule is O=C(c1cc(Cl)c(O)c(Cl)c1)N1C=COC(C2=C(Cl)C=CCC2)=C1. The van der Waals surface area contributed by atoms with E-state index in [1.165, 1.54) is 29.5 Å². The van der Waals surface area contributed by atoms with Gasteiger partial charge in [0.1, 0.15) is 12.0 Å². The van der Waals surface area contributed by atoms with E-state index in [1.807, 2.05) is 12.2 Å². The molecule has 124 valence electrons. The molecule has 1 aliphatic heterocycles. The molecule has 0 bridgehead atoms. The van der Waals surface area contributed by atoms with Crippen LogP contribution in [0.5, 0.6) is 5.75 Å². The van der Waals surface area contributed by atoms with Crippen LogP contribution in [-0.4, -0.2) is 15.9 Å². The molecule has 0 fully saturated rings. The highest BCUT2D eigenvalue weighted by Gasteiger charge is 2.21. The Kier molecular flexibility index (Phi) is 4.90. The summed E-state index contributed by atoms with van der Waals surface area (Å²) in [5, 5.41) is 10.2. The Hall–Kier alpha value is -1.88. The Morgan fingerprint density at radius 3 is 2.58 bits per heavy atom. The van der Waals surface area contributed by atoms with Crippen molar-refractivity contribution in [3.05, 3.63) is 74.9 Å². The molecule has 0 atom stereocenters. The van der Waals surface area contributed by atoms with Crippen molar-refractivity contribution in [2.45, 2.75) is 12.8 Å². The van der Waals surface area contributed by atoms with Crippen LogP contribution in [0.1, 0.15) is 23.2 Å². The average molecular weight is 385 g/mol. The lowest BCUT2D eigenvalue weighted by atomic mass is 10.0. The zero-order chi connectivity index (χ0) is 17.3. The predicted octanol–water partition coefficient (Wildman–Crippen LogP) is 5.33. The number of aromatic hydroxyl groups is 1. The minimum atomic E-state index is -0.362. The van der Waals surface area contributed by atoms with E-state index >= 15 is 0 Å². The van der Waals surface area contributed by atoms with Crippen LogP contribution >= 0.6 is 34.8 Å². The normalized spacial score (nSPS) is 17.0. The first-order valence-electron chi connectivity index (χ1n) is 7.09. The second-order valence-corrected chi connectivity index (χ2v) is 6.39. The Morgan fingerprint density at radius 1 is 1.21 bits per heavy atom. The van der Waals surface area contributed by atoms with Crippen LogP contribution in [0.4, 0.5) is 0 Å². The molecule has 0 saturated carbocycles. The molecule has 3 rings (SSSR count). The standard InChI is InChI=1S/C17H12Cl3NO3/c18-12-4-2-1-3-11(12)15-9-21(5-6-24-15)17(23)10-7-13(19)16(22)14(20)8-10/h2,4-9,22H,1,3H2. The molecule has 0 spiro atoms. The fraction of sp³-hybridized carbons (Fsp3) is 0.118. The van der Waals surface area contributed by atoms with E-state index < -0.39 is 0 Å². The summed E-state index contributed by atoms with van der Waals surface area (Å²) < 4.78 is 5.49. The number of nitrogens with zero attached hydrogens (tertiary/aromatic N) is 1. The van der Waals surface area contributed by atoms with Crippen LogP contribution in [0.25, 0.3) is 0 Å². The van der Waals surface area contributed by atoms with Crippen molar-refractivity contribution < 1.29 is 14.6 Å². The third kappa shape index (κ3) is 3.31. The number of phenols is 1. The molecule has 1 amide bonds. The van der Waals surface area contributed by atoms with Crippen molar-refractivity contribution in [2.75, 3.05) is 0 Å². The monoisotopic (exact) mass is 383 g/mol. The molecule has 1 aromatic rings. The van der Waals surface area contributed by atoms with Crippen LogP contribution < -0.4 is 0 Å². The van der Waals surface area contributed by atoms with Gasteiger partial charge in [-0.1, -0.05) is 40.9 Å².